The zero-order chi connectivity index (χ0) is 64.5. The van der Waals surface area contributed by atoms with Gasteiger partial charge in [-0.25, -0.2) is 24.2 Å². The van der Waals surface area contributed by atoms with E-state index >= 15 is 4.57 Å². The lowest BCUT2D eigenvalue weighted by molar-refractivity contribution is -0.309. The standard InChI is InChI=1S/C63H77N6O20P/c1-39(2)69(40(3)4)90(75,83-32-30-78-29-31-79-62-59(86-44(8)73)58(85-43(7)72)57(84-42(6)71)53(88-62)34-80-41(5)70)89-51-33-55(68-38-66-56-60(64-37-65-61(56)68)67-54(74)36-81-50-19-15-12-16-20-50)87-52(51)35-82-63(45-17-13-11-14-18-45,46-21-25-48(76-9)26-22-46)47-23-27-49(77-10)28-24-47/h11-28,37-40,51-53,55,57-59,62H,29-36H2,1-10H3,(H,64,65,67,74)/t51-,52+,53+,55+,57+,58-,59+,62+,90?/m0/s1. The second-order valence-corrected chi connectivity index (χ2v) is 23.3. The van der Waals surface area contributed by atoms with Gasteiger partial charge in [0.05, 0.1) is 53.6 Å². The third kappa shape index (κ3) is 17.1. The Morgan fingerprint density at radius 3 is 1.82 bits per heavy atom. The van der Waals surface area contributed by atoms with Crippen molar-refractivity contribution >= 4 is 54.5 Å². The number of methoxy groups -OCH3 is 2. The van der Waals surface area contributed by atoms with Gasteiger partial charge in [-0.2, -0.15) is 0 Å². The molecule has 2 aromatic heterocycles. The summed E-state index contributed by atoms with van der Waals surface area (Å²) in [6.07, 6.45) is -6.92. The van der Waals surface area contributed by atoms with E-state index in [1.807, 2.05) is 113 Å². The summed E-state index contributed by atoms with van der Waals surface area (Å²) >= 11 is 0. The number of ether oxygens (including phenoxy) is 12. The number of carbonyl (C=O) groups excluding carboxylic acids is 5. The van der Waals surface area contributed by atoms with Crippen molar-refractivity contribution < 1.29 is 94.4 Å². The Labute approximate surface area is 521 Å². The molecule has 0 aliphatic carbocycles. The maximum absolute atomic E-state index is 16.0. The van der Waals surface area contributed by atoms with Crippen molar-refractivity contribution in [1.29, 1.82) is 0 Å². The van der Waals surface area contributed by atoms with Gasteiger partial charge < -0.3 is 62.2 Å². The van der Waals surface area contributed by atoms with Gasteiger partial charge in [0.25, 0.3) is 5.91 Å². The van der Waals surface area contributed by atoms with Crippen molar-refractivity contribution in [2.24, 2.45) is 0 Å². The summed E-state index contributed by atoms with van der Waals surface area (Å²) in [6.45, 7) is 10.4. The molecule has 0 saturated carbocycles. The largest absolute Gasteiger partial charge is 0.497 e. The van der Waals surface area contributed by atoms with E-state index in [0.29, 0.717) is 22.9 Å². The summed E-state index contributed by atoms with van der Waals surface area (Å²) in [4.78, 5) is 75.7. The third-order valence-electron chi connectivity index (χ3n) is 14.4. The molecule has 1 N–H and O–H groups in total. The first-order chi connectivity index (χ1) is 43.2. The summed E-state index contributed by atoms with van der Waals surface area (Å²) < 4.78 is 104. The van der Waals surface area contributed by atoms with Crippen molar-refractivity contribution in [3.05, 3.63) is 139 Å². The van der Waals surface area contributed by atoms with E-state index in [0.717, 1.165) is 37.5 Å². The molecule has 1 amide bonds. The first-order valence-corrected chi connectivity index (χ1v) is 30.7. The number of aromatic nitrogens is 4. The molecular weight excluding hydrogens is 1190 g/mol. The molecule has 9 atom stereocenters. The monoisotopic (exact) mass is 1270 g/mol. The van der Waals surface area contributed by atoms with Crippen LogP contribution in [0.3, 0.4) is 0 Å². The molecule has 2 fully saturated rings. The number of hydrogen-bond acceptors (Lipinski definition) is 23. The van der Waals surface area contributed by atoms with Gasteiger partial charge in [-0.1, -0.05) is 72.8 Å². The minimum Gasteiger partial charge on any atom is -0.497 e. The first-order valence-electron chi connectivity index (χ1n) is 29.2. The van der Waals surface area contributed by atoms with E-state index in [1.165, 1.54) is 19.6 Å². The van der Waals surface area contributed by atoms with E-state index in [9.17, 15) is 24.0 Å². The minimum atomic E-state index is -4.38. The van der Waals surface area contributed by atoms with Gasteiger partial charge in [-0.05, 0) is 80.8 Å². The van der Waals surface area contributed by atoms with E-state index < -0.39 is 111 Å². The number of benzene rings is 4. The molecule has 1 unspecified atom stereocenters. The van der Waals surface area contributed by atoms with Gasteiger partial charge in [0, 0.05) is 46.2 Å². The number of esters is 4. The molecule has 8 rings (SSSR count). The molecule has 2 saturated heterocycles. The number of nitrogens with one attached hydrogen (secondary N) is 1. The molecule has 4 aromatic carbocycles. The van der Waals surface area contributed by atoms with Crippen LogP contribution in [-0.2, 0) is 85.8 Å². The fraction of sp³-hybridized carbons (Fsp3) is 0.460. The molecule has 6 aromatic rings. The molecule has 90 heavy (non-hydrogen) atoms. The van der Waals surface area contributed by atoms with Crippen molar-refractivity contribution in [3.8, 4) is 17.2 Å². The average Bonchev–Trinajstić information content (AvgIpc) is 1.09. The van der Waals surface area contributed by atoms with Crippen molar-refractivity contribution in [2.75, 3.05) is 65.8 Å². The summed E-state index contributed by atoms with van der Waals surface area (Å²) in [5.41, 5.74) is 1.53. The van der Waals surface area contributed by atoms with Crippen LogP contribution in [0.25, 0.3) is 11.2 Å². The van der Waals surface area contributed by atoms with Crippen LogP contribution in [0.2, 0.25) is 0 Å². The number of rotatable bonds is 31. The number of amides is 1. The predicted molar refractivity (Wildman–Crippen MR) is 322 cm³/mol. The molecule has 0 bridgehead atoms. The lowest BCUT2D eigenvalue weighted by Crippen LogP contribution is -2.63. The fourth-order valence-electron chi connectivity index (χ4n) is 10.7. The molecule has 0 spiro atoms. The molecule has 484 valence electrons. The quantitative estimate of drug-likeness (QED) is 0.0142. The number of carbonyl (C=O) groups is 5. The second kappa shape index (κ2) is 31.7. The number of para-hydroxylation sites is 1. The smallest absolute Gasteiger partial charge is 0.409 e. The highest BCUT2D eigenvalue weighted by Crippen LogP contribution is 2.57. The van der Waals surface area contributed by atoms with Crippen LogP contribution < -0.4 is 19.5 Å². The van der Waals surface area contributed by atoms with Crippen molar-refractivity contribution in [1.82, 2.24) is 24.2 Å². The highest BCUT2D eigenvalue weighted by Gasteiger charge is 2.53. The van der Waals surface area contributed by atoms with Crippen LogP contribution in [0.4, 0.5) is 5.82 Å². The van der Waals surface area contributed by atoms with E-state index in [-0.39, 0.29) is 57.4 Å². The fourth-order valence-corrected chi connectivity index (χ4v) is 13.0. The van der Waals surface area contributed by atoms with Gasteiger partial charge in [0.2, 0.25) is 0 Å². The lowest BCUT2D eigenvalue weighted by atomic mass is 9.80. The lowest BCUT2D eigenvalue weighted by Gasteiger charge is -2.44. The highest BCUT2D eigenvalue weighted by atomic mass is 31.2. The SMILES string of the molecule is COc1ccc(C(OC[C@H]2O[C@@H](n3cnc4c(NC(=O)COc5ccccc5)ncnc43)C[C@@H]2OP(=O)(OCCOCCO[C@@H]2O[C@H](COC(C)=O)[C@@H](OC(C)=O)[C@H](OC(C)=O)[C@H]2OC(C)=O)N(C(C)C)C(C)C)(c2ccccc2)c2ccc(OC)cc2)cc1. The molecular formula is C63H77N6O20P. The van der Waals surface area contributed by atoms with Crippen molar-refractivity contribution in [3.63, 3.8) is 0 Å². The Kier molecular flexibility index (Phi) is 24.0. The first kappa shape index (κ1) is 68.0. The number of nitrogens with zero attached hydrogens (tertiary/aromatic N) is 5. The number of imidazole rings is 1. The number of anilines is 1. The zero-order valence-electron chi connectivity index (χ0n) is 51.8. The molecule has 0 radical (unpaired) electrons. The van der Waals surface area contributed by atoms with Gasteiger partial charge in [0.15, 0.2) is 48.2 Å². The minimum absolute atomic E-state index is 0.0595. The normalized spacial score (nSPS) is 20.7. The molecule has 27 heteroatoms. The molecule has 4 heterocycles. The van der Waals surface area contributed by atoms with Crippen LogP contribution in [0.1, 0.15) is 84.7 Å². The number of fused-ring (bicyclic) bond motifs is 1. The van der Waals surface area contributed by atoms with E-state index in [2.05, 4.69) is 20.3 Å². The average molecular weight is 1270 g/mol. The Balaban J connectivity index is 1.07. The summed E-state index contributed by atoms with van der Waals surface area (Å²) in [6, 6.07) is 33.0. The number of hydrogen-bond donors (Lipinski definition) is 1. The summed E-state index contributed by atoms with van der Waals surface area (Å²) in [5, 5.41) is 2.79. The van der Waals surface area contributed by atoms with Gasteiger partial charge in [-0.15, -0.1) is 0 Å². The zero-order valence-corrected chi connectivity index (χ0v) is 52.7. The third-order valence-corrected chi connectivity index (χ3v) is 16.9. The van der Waals surface area contributed by atoms with Crippen LogP contribution >= 0.6 is 7.75 Å². The molecule has 26 nitrogen and oxygen atoms in total. The Bertz CT molecular complexity index is 3320. The van der Waals surface area contributed by atoms with E-state index in [1.54, 1.807) is 47.7 Å². The van der Waals surface area contributed by atoms with Crippen LogP contribution in [0.15, 0.2) is 122 Å². The second-order valence-electron chi connectivity index (χ2n) is 21.4. The summed E-state index contributed by atoms with van der Waals surface area (Å²) in [7, 11) is -1.20. The Hall–Kier alpha value is -7.91. The van der Waals surface area contributed by atoms with Gasteiger partial charge in [0.1, 0.15) is 60.3 Å². The van der Waals surface area contributed by atoms with Gasteiger partial charge >= 0.3 is 31.6 Å². The maximum atomic E-state index is 16.0. The van der Waals surface area contributed by atoms with Gasteiger partial charge in [-0.3, -0.25) is 37.6 Å². The van der Waals surface area contributed by atoms with Crippen LogP contribution in [0, 0.1) is 0 Å². The topological polar surface area (TPSA) is 291 Å². The van der Waals surface area contributed by atoms with E-state index in [4.69, 9.17) is 65.9 Å². The van der Waals surface area contributed by atoms with Crippen molar-refractivity contribution in [2.45, 2.75) is 129 Å². The molecule has 2 aliphatic rings. The Morgan fingerprint density at radius 2 is 1.23 bits per heavy atom. The summed E-state index contributed by atoms with van der Waals surface area (Å²) in [5.74, 6) is -1.62. The molecule has 2 aliphatic heterocycles. The Morgan fingerprint density at radius 1 is 0.656 bits per heavy atom. The van der Waals surface area contributed by atoms with Crippen LogP contribution in [-0.4, -0.2) is 169 Å². The highest BCUT2D eigenvalue weighted by molar-refractivity contribution is 7.51. The predicted octanol–water partition coefficient (Wildman–Crippen LogP) is 7.90. The van der Waals surface area contributed by atoms with Crippen LogP contribution in [0.5, 0.6) is 17.2 Å². The maximum Gasteiger partial charge on any atom is 0.409 e.